The van der Waals surface area contributed by atoms with Gasteiger partial charge in [0.05, 0.1) is 15.2 Å². The number of benzene rings is 1. The van der Waals surface area contributed by atoms with Crippen molar-refractivity contribution in [1.29, 1.82) is 0 Å². The van der Waals surface area contributed by atoms with Gasteiger partial charge in [0, 0.05) is 0 Å². The van der Waals surface area contributed by atoms with E-state index >= 15 is 0 Å². The molecule has 3 N–H and O–H groups in total. The highest BCUT2D eigenvalue weighted by atomic mass is 32.2. The number of nitrogens with zero attached hydrogens (tertiary/aromatic N) is 1. The summed E-state index contributed by atoms with van der Waals surface area (Å²) in [4.78, 5) is 4.23. The molecule has 0 spiro atoms. The summed E-state index contributed by atoms with van der Waals surface area (Å²) < 4.78 is 27.8. The number of hydrogen-bond donors (Lipinski definition) is 2. The normalized spacial score (nSPS) is 13.3. The number of fused-ring (bicyclic) bond motifs is 1. The van der Waals surface area contributed by atoms with E-state index in [0.29, 0.717) is 11.6 Å². The molecule has 2 rings (SSSR count). The Kier molecular flexibility index (Phi) is 4.26. The summed E-state index contributed by atoms with van der Waals surface area (Å²) in [5.74, 6) is 0. The predicted molar refractivity (Wildman–Crippen MR) is 87.8 cm³/mol. The Hall–Kier alpha value is -1.25. The zero-order valence-electron chi connectivity index (χ0n) is 11.1. The number of anilines is 1. The summed E-state index contributed by atoms with van der Waals surface area (Å²) >= 11 is 6.10. The van der Waals surface area contributed by atoms with Gasteiger partial charge in [-0.2, -0.15) is 0 Å². The van der Waals surface area contributed by atoms with E-state index < -0.39 is 15.3 Å². The van der Waals surface area contributed by atoms with Gasteiger partial charge in [-0.15, -0.1) is 0 Å². The first-order valence-corrected chi connectivity index (χ1v) is 8.78. The minimum absolute atomic E-state index is 0.0306. The summed E-state index contributed by atoms with van der Waals surface area (Å²) in [6.07, 6.45) is 0.328. The van der Waals surface area contributed by atoms with E-state index in [1.54, 1.807) is 6.92 Å². The van der Waals surface area contributed by atoms with Crippen LogP contribution in [0.1, 0.15) is 18.9 Å². The molecule has 0 amide bonds. The fourth-order valence-corrected chi connectivity index (χ4v) is 4.89. The lowest BCUT2D eigenvalue weighted by atomic mass is 10.2. The van der Waals surface area contributed by atoms with Crippen LogP contribution in [0.15, 0.2) is 18.2 Å². The lowest BCUT2D eigenvalue weighted by Crippen LogP contribution is -2.37. The maximum atomic E-state index is 12.2. The maximum absolute atomic E-state index is 12.2. The number of rotatable bonds is 5. The number of sulfonamides is 1. The van der Waals surface area contributed by atoms with Crippen molar-refractivity contribution in [2.75, 3.05) is 4.72 Å². The van der Waals surface area contributed by atoms with Crippen LogP contribution in [0, 0.1) is 6.92 Å². The Morgan fingerprint density at radius 3 is 2.85 bits per heavy atom. The minimum atomic E-state index is -3.65. The van der Waals surface area contributed by atoms with Crippen molar-refractivity contribution < 1.29 is 8.42 Å². The second-order valence-electron chi connectivity index (χ2n) is 4.44. The average Bonchev–Trinajstić information content (AvgIpc) is 2.68. The van der Waals surface area contributed by atoms with Gasteiger partial charge in [0.2, 0.25) is 10.0 Å². The highest BCUT2D eigenvalue weighted by Crippen LogP contribution is 2.28. The molecule has 20 heavy (non-hydrogen) atoms. The van der Waals surface area contributed by atoms with Crippen molar-refractivity contribution in [2.45, 2.75) is 25.5 Å². The van der Waals surface area contributed by atoms with Crippen LogP contribution < -0.4 is 10.5 Å². The van der Waals surface area contributed by atoms with E-state index in [9.17, 15) is 8.42 Å². The van der Waals surface area contributed by atoms with Crippen LogP contribution in [0.3, 0.4) is 0 Å². The third-order valence-corrected chi connectivity index (χ3v) is 6.15. The first-order chi connectivity index (χ1) is 9.33. The predicted octanol–water partition coefficient (Wildman–Crippen LogP) is 2.41. The molecule has 0 saturated heterocycles. The van der Waals surface area contributed by atoms with Crippen LogP contribution in [0.5, 0.6) is 0 Å². The maximum Gasteiger partial charge on any atom is 0.243 e. The summed E-state index contributed by atoms with van der Waals surface area (Å²) in [5.41, 5.74) is 7.34. The van der Waals surface area contributed by atoms with E-state index in [4.69, 9.17) is 18.0 Å². The third kappa shape index (κ3) is 3.08. The molecule has 0 saturated carbocycles. The van der Waals surface area contributed by atoms with Gasteiger partial charge in [0.25, 0.3) is 0 Å². The van der Waals surface area contributed by atoms with Crippen molar-refractivity contribution in [3.8, 4) is 0 Å². The van der Waals surface area contributed by atoms with E-state index in [0.717, 1.165) is 15.8 Å². The average molecular weight is 329 g/mol. The third-order valence-electron chi connectivity index (χ3n) is 2.84. The molecule has 2 aromatic rings. The number of aryl methyl sites for hydroxylation is 1. The number of aromatic nitrogens is 1. The largest absolute Gasteiger partial charge is 0.392 e. The molecule has 0 aliphatic carbocycles. The quantitative estimate of drug-likeness (QED) is 0.823. The lowest BCUT2D eigenvalue weighted by molar-refractivity contribution is 0.594. The van der Waals surface area contributed by atoms with Crippen LogP contribution in [-0.2, 0) is 10.0 Å². The molecule has 0 aliphatic rings. The fourth-order valence-electron chi connectivity index (χ4n) is 1.84. The Bertz CT molecular complexity index is 752. The topological polar surface area (TPSA) is 85.1 Å². The molecule has 1 aromatic carbocycles. The Morgan fingerprint density at radius 2 is 2.25 bits per heavy atom. The zero-order valence-corrected chi connectivity index (χ0v) is 13.5. The first kappa shape index (κ1) is 15.1. The minimum Gasteiger partial charge on any atom is -0.392 e. The van der Waals surface area contributed by atoms with Crippen molar-refractivity contribution in [1.82, 2.24) is 4.98 Å². The molecule has 0 aliphatic heterocycles. The lowest BCUT2D eigenvalue weighted by Gasteiger charge is -2.14. The smallest absolute Gasteiger partial charge is 0.243 e. The molecule has 0 radical (unpaired) electrons. The van der Waals surface area contributed by atoms with Gasteiger partial charge in [-0.3, -0.25) is 4.72 Å². The van der Waals surface area contributed by atoms with Crippen molar-refractivity contribution >= 4 is 53.9 Å². The van der Waals surface area contributed by atoms with Crippen molar-refractivity contribution in [2.24, 2.45) is 5.73 Å². The highest BCUT2D eigenvalue weighted by molar-refractivity contribution is 7.95. The van der Waals surface area contributed by atoms with Crippen molar-refractivity contribution in [3.05, 3.63) is 23.8 Å². The molecular weight excluding hydrogens is 314 g/mol. The number of nitrogens with two attached hydrogens (primary N) is 1. The van der Waals surface area contributed by atoms with Crippen molar-refractivity contribution in [3.63, 3.8) is 0 Å². The molecule has 0 bridgehead atoms. The van der Waals surface area contributed by atoms with E-state index in [2.05, 4.69) is 9.71 Å². The molecule has 1 atom stereocenters. The van der Waals surface area contributed by atoms with Gasteiger partial charge < -0.3 is 5.73 Å². The van der Waals surface area contributed by atoms with Gasteiger partial charge in [-0.25, -0.2) is 13.4 Å². The number of hydrogen-bond acceptors (Lipinski definition) is 5. The molecule has 0 fully saturated rings. The second-order valence-corrected chi connectivity index (χ2v) is 7.80. The number of thiazole rings is 1. The Balaban J connectivity index is 2.34. The SMILES string of the molecule is CCC(C(N)=S)S(=O)(=O)Nc1nc2ccc(C)cc2s1. The first-order valence-electron chi connectivity index (χ1n) is 6.01. The Morgan fingerprint density at radius 1 is 1.55 bits per heavy atom. The molecular formula is C12H15N3O2S3. The van der Waals surface area contributed by atoms with Crippen LogP contribution >= 0.6 is 23.6 Å². The fraction of sp³-hybridized carbons (Fsp3) is 0.333. The summed E-state index contributed by atoms with van der Waals surface area (Å²) in [7, 11) is -3.65. The molecule has 108 valence electrons. The molecule has 1 unspecified atom stereocenters. The monoisotopic (exact) mass is 329 g/mol. The van der Waals surface area contributed by atoms with Gasteiger partial charge in [0.1, 0.15) is 5.25 Å². The highest BCUT2D eigenvalue weighted by Gasteiger charge is 2.27. The molecule has 8 heteroatoms. The molecule has 1 aromatic heterocycles. The summed E-state index contributed by atoms with van der Waals surface area (Å²) in [6, 6.07) is 5.77. The summed E-state index contributed by atoms with van der Waals surface area (Å²) in [5, 5.41) is -0.549. The molecule has 5 nitrogen and oxygen atoms in total. The number of nitrogens with one attached hydrogen (secondary N) is 1. The van der Waals surface area contributed by atoms with Gasteiger partial charge in [-0.05, 0) is 31.0 Å². The van der Waals surface area contributed by atoms with E-state index in [-0.39, 0.29) is 4.99 Å². The number of thiocarbonyl (C=S) groups is 1. The van der Waals surface area contributed by atoms with Crippen LogP contribution in [0.25, 0.3) is 10.2 Å². The van der Waals surface area contributed by atoms with Gasteiger partial charge in [0.15, 0.2) is 5.13 Å². The van der Waals surface area contributed by atoms with E-state index in [1.165, 1.54) is 11.3 Å². The van der Waals surface area contributed by atoms with Crippen LogP contribution in [0.4, 0.5) is 5.13 Å². The zero-order chi connectivity index (χ0) is 14.9. The second kappa shape index (κ2) is 5.63. The Labute approximate surface area is 127 Å². The van der Waals surface area contributed by atoms with Gasteiger partial charge in [-0.1, -0.05) is 36.5 Å². The van der Waals surface area contributed by atoms with Crippen LogP contribution in [-0.4, -0.2) is 23.6 Å². The van der Waals surface area contributed by atoms with Crippen LogP contribution in [0.2, 0.25) is 0 Å². The van der Waals surface area contributed by atoms with Gasteiger partial charge >= 0.3 is 0 Å². The summed E-state index contributed by atoms with van der Waals surface area (Å²) in [6.45, 7) is 3.70. The van der Waals surface area contributed by atoms with E-state index in [1.807, 2.05) is 25.1 Å². The molecule has 1 heterocycles. The standard InChI is InChI=1S/C12H15N3O2S3/c1-3-10(11(13)18)20(16,17)15-12-14-8-5-4-7(2)6-9(8)19-12/h4-6,10H,3H2,1-2H3,(H2,13,18)(H,14,15).